The Bertz CT molecular complexity index is 1070. The number of amides is 1. The average molecular weight is 437 g/mol. The van der Waals surface area contributed by atoms with Crippen LogP contribution >= 0.6 is 22.9 Å². The molecule has 1 saturated heterocycles. The molecule has 0 N–H and O–H groups in total. The van der Waals surface area contributed by atoms with E-state index in [1.54, 1.807) is 11.1 Å². The fraction of sp³-hybridized carbons (Fsp3) is 0.278. The summed E-state index contributed by atoms with van der Waals surface area (Å²) in [5.74, 6) is -0.930. The number of piperazine rings is 1. The summed E-state index contributed by atoms with van der Waals surface area (Å²) in [7, 11) is -3.69. The van der Waals surface area contributed by atoms with E-state index in [9.17, 15) is 13.2 Å². The van der Waals surface area contributed by atoms with Gasteiger partial charge in [0, 0.05) is 37.4 Å². The minimum absolute atomic E-state index is 0.103. The fourth-order valence-corrected chi connectivity index (χ4v) is 5.33. The van der Waals surface area contributed by atoms with Crippen molar-refractivity contribution >= 4 is 54.2 Å². The molecule has 3 heterocycles. The molecule has 0 saturated carbocycles. The monoisotopic (exact) mass is 436 g/mol. The lowest BCUT2D eigenvalue weighted by atomic mass is 10.3. The molecule has 3 aromatic rings. The average Bonchev–Trinajstić information content (AvgIpc) is 3.12. The Labute approximate surface area is 171 Å². The highest BCUT2D eigenvalue weighted by Crippen LogP contribution is 2.27. The lowest BCUT2D eigenvalue weighted by Gasteiger charge is -2.34. The van der Waals surface area contributed by atoms with E-state index in [0.717, 1.165) is 15.5 Å². The number of aromatic nitrogens is 2. The summed E-state index contributed by atoms with van der Waals surface area (Å²) in [6.45, 7) is 2.12. The summed E-state index contributed by atoms with van der Waals surface area (Å²) in [6, 6.07) is 9.62. The van der Waals surface area contributed by atoms with Crippen molar-refractivity contribution in [1.29, 1.82) is 0 Å². The molecule has 7 nitrogen and oxygen atoms in total. The first-order chi connectivity index (χ1) is 13.4. The van der Waals surface area contributed by atoms with E-state index in [-0.39, 0.29) is 10.8 Å². The smallest absolute Gasteiger partial charge is 0.238 e. The number of hydrogen-bond donors (Lipinski definition) is 0. The van der Waals surface area contributed by atoms with E-state index in [1.165, 1.54) is 35.6 Å². The van der Waals surface area contributed by atoms with Crippen molar-refractivity contribution in [2.24, 2.45) is 0 Å². The third-order valence-electron chi connectivity index (χ3n) is 4.54. The van der Waals surface area contributed by atoms with Gasteiger partial charge in [-0.1, -0.05) is 22.9 Å². The van der Waals surface area contributed by atoms with Crippen LogP contribution in [-0.4, -0.2) is 61.1 Å². The third kappa shape index (κ3) is 3.96. The van der Waals surface area contributed by atoms with Crippen LogP contribution in [0.4, 0.5) is 5.13 Å². The number of pyridine rings is 1. The largest absolute Gasteiger partial charge is 0.344 e. The molecule has 0 bridgehead atoms. The summed E-state index contributed by atoms with van der Waals surface area (Å²) < 4.78 is 24.9. The van der Waals surface area contributed by atoms with E-state index >= 15 is 0 Å². The highest BCUT2D eigenvalue weighted by Gasteiger charge is 2.27. The van der Waals surface area contributed by atoms with Crippen LogP contribution in [0.25, 0.3) is 10.3 Å². The number of anilines is 1. The number of nitrogens with zero attached hydrogens (tertiary/aromatic N) is 4. The molecule has 1 aromatic carbocycles. The summed E-state index contributed by atoms with van der Waals surface area (Å²) in [5, 5.41) is 1.32. The van der Waals surface area contributed by atoms with E-state index < -0.39 is 15.6 Å². The van der Waals surface area contributed by atoms with Crippen molar-refractivity contribution in [3.05, 3.63) is 47.6 Å². The van der Waals surface area contributed by atoms with Gasteiger partial charge in [-0.3, -0.25) is 4.79 Å². The van der Waals surface area contributed by atoms with Gasteiger partial charge < -0.3 is 9.80 Å². The van der Waals surface area contributed by atoms with Crippen molar-refractivity contribution in [2.75, 3.05) is 36.8 Å². The van der Waals surface area contributed by atoms with Crippen LogP contribution in [0.15, 0.2) is 47.5 Å². The lowest BCUT2D eigenvalue weighted by Crippen LogP contribution is -2.50. The molecular formula is C18H17ClN4O3S2. The molecule has 146 valence electrons. The van der Waals surface area contributed by atoms with Crippen molar-refractivity contribution in [3.63, 3.8) is 0 Å². The van der Waals surface area contributed by atoms with Crippen LogP contribution in [0.2, 0.25) is 5.02 Å². The van der Waals surface area contributed by atoms with Crippen LogP contribution in [0, 0.1) is 0 Å². The van der Waals surface area contributed by atoms with Gasteiger partial charge in [-0.05, 0) is 36.4 Å². The molecule has 4 rings (SSSR count). The summed E-state index contributed by atoms with van der Waals surface area (Å²) in [4.78, 5) is 26.1. The zero-order chi connectivity index (χ0) is 19.7. The summed E-state index contributed by atoms with van der Waals surface area (Å²) in [5.41, 5.74) is 0.857. The van der Waals surface area contributed by atoms with Gasteiger partial charge in [0.1, 0.15) is 16.1 Å². The minimum Gasteiger partial charge on any atom is -0.344 e. The van der Waals surface area contributed by atoms with E-state index in [2.05, 4.69) is 14.9 Å². The second-order valence-electron chi connectivity index (χ2n) is 6.40. The Morgan fingerprint density at radius 1 is 1.11 bits per heavy atom. The molecule has 2 aromatic heterocycles. The number of sulfone groups is 1. The number of thiazole rings is 1. The quantitative estimate of drug-likeness (QED) is 0.624. The van der Waals surface area contributed by atoms with Crippen molar-refractivity contribution < 1.29 is 13.2 Å². The zero-order valence-corrected chi connectivity index (χ0v) is 17.2. The van der Waals surface area contributed by atoms with Gasteiger partial charge in [0.25, 0.3) is 0 Å². The van der Waals surface area contributed by atoms with Crippen molar-refractivity contribution in [1.82, 2.24) is 14.9 Å². The third-order valence-corrected chi connectivity index (χ3v) is 7.45. The number of benzene rings is 1. The summed E-state index contributed by atoms with van der Waals surface area (Å²) in [6.07, 6.45) is 1.74. The first kappa shape index (κ1) is 19.1. The predicted octanol–water partition coefficient (Wildman–Crippen LogP) is 2.47. The van der Waals surface area contributed by atoms with Crippen LogP contribution in [0.5, 0.6) is 0 Å². The number of halogens is 1. The molecule has 1 amide bonds. The van der Waals surface area contributed by atoms with Crippen LogP contribution in [-0.2, 0) is 14.6 Å². The maximum Gasteiger partial charge on any atom is 0.238 e. The minimum atomic E-state index is -3.69. The molecule has 1 aliphatic rings. The molecule has 0 spiro atoms. The number of fused-ring (bicyclic) bond motifs is 1. The molecule has 10 heteroatoms. The first-order valence-electron chi connectivity index (χ1n) is 8.65. The van der Waals surface area contributed by atoms with Gasteiger partial charge >= 0.3 is 0 Å². The molecule has 28 heavy (non-hydrogen) atoms. The second kappa shape index (κ2) is 7.65. The SMILES string of the molecule is O=C(CS(=O)(=O)c1ccc(Cl)cc1)N1CCN(c2nc3cccnc3s2)CC1. The van der Waals surface area contributed by atoms with E-state index in [4.69, 9.17) is 11.6 Å². The molecule has 1 fully saturated rings. The zero-order valence-electron chi connectivity index (χ0n) is 14.8. The molecular weight excluding hydrogens is 420 g/mol. The van der Waals surface area contributed by atoms with Gasteiger partial charge in [0.05, 0.1) is 4.90 Å². The normalized spacial score (nSPS) is 15.2. The van der Waals surface area contributed by atoms with E-state index in [0.29, 0.717) is 31.2 Å². The van der Waals surface area contributed by atoms with E-state index in [1.807, 2.05) is 12.1 Å². The fourth-order valence-electron chi connectivity index (χ4n) is 3.02. The maximum atomic E-state index is 12.5. The Balaban J connectivity index is 1.39. The first-order valence-corrected chi connectivity index (χ1v) is 11.5. The maximum absolute atomic E-state index is 12.5. The van der Waals surface area contributed by atoms with Crippen molar-refractivity contribution in [3.8, 4) is 0 Å². The number of rotatable bonds is 4. The molecule has 1 aliphatic heterocycles. The summed E-state index contributed by atoms with van der Waals surface area (Å²) >= 11 is 7.31. The lowest BCUT2D eigenvalue weighted by molar-refractivity contribution is -0.128. The number of carbonyl (C=O) groups excluding carboxylic acids is 1. The van der Waals surface area contributed by atoms with Gasteiger partial charge in [0.2, 0.25) is 5.91 Å². The predicted molar refractivity (Wildman–Crippen MR) is 110 cm³/mol. The van der Waals surface area contributed by atoms with Gasteiger partial charge in [0.15, 0.2) is 15.0 Å². The molecule has 0 atom stereocenters. The number of hydrogen-bond acceptors (Lipinski definition) is 7. The van der Waals surface area contributed by atoms with Gasteiger partial charge in [-0.15, -0.1) is 0 Å². The Morgan fingerprint density at radius 2 is 1.82 bits per heavy atom. The molecule has 0 aliphatic carbocycles. The van der Waals surface area contributed by atoms with Crippen molar-refractivity contribution in [2.45, 2.75) is 4.90 Å². The Hall–Kier alpha value is -2.23. The standard InChI is InChI=1S/C18H17ClN4O3S2/c19-13-3-5-14(6-4-13)28(25,26)12-16(24)22-8-10-23(11-9-22)18-21-15-2-1-7-20-17(15)27-18/h1-7H,8-12H2. The topological polar surface area (TPSA) is 83.5 Å². The van der Waals surface area contributed by atoms with Crippen LogP contribution < -0.4 is 4.90 Å². The van der Waals surface area contributed by atoms with Crippen LogP contribution in [0.3, 0.4) is 0 Å². The second-order valence-corrected chi connectivity index (χ2v) is 9.79. The number of carbonyl (C=O) groups is 1. The van der Waals surface area contributed by atoms with Gasteiger partial charge in [-0.2, -0.15) is 0 Å². The highest BCUT2D eigenvalue weighted by atomic mass is 35.5. The molecule has 0 unspecified atom stereocenters. The van der Waals surface area contributed by atoms with Gasteiger partial charge in [-0.25, -0.2) is 18.4 Å². The highest BCUT2D eigenvalue weighted by molar-refractivity contribution is 7.92. The molecule has 0 radical (unpaired) electrons. The van der Waals surface area contributed by atoms with Crippen LogP contribution in [0.1, 0.15) is 0 Å². The Morgan fingerprint density at radius 3 is 2.50 bits per heavy atom. The Kier molecular flexibility index (Phi) is 5.22.